The van der Waals surface area contributed by atoms with Gasteiger partial charge in [0.05, 0.1) is 18.8 Å². The lowest BCUT2D eigenvalue weighted by Crippen LogP contribution is -2.18. The van der Waals surface area contributed by atoms with Crippen molar-refractivity contribution in [2.45, 2.75) is 25.3 Å². The SMILES string of the molecule is COc1ccc2c(c1)C(Nc1c(Br)cccc1Br)CCC2. The number of hydrogen-bond acceptors (Lipinski definition) is 2. The highest BCUT2D eigenvalue weighted by Gasteiger charge is 2.22. The summed E-state index contributed by atoms with van der Waals surface area (Å²) in [6, 6.07) is 12.9. The smallest absolute Gasteiger partial charge is 0.119 e. The molecule has 0 heterocycles. The maximum Gasteiger partial charge on any atom is 0.119 e. The molecular weight excluding hydrogens is 394 g/mol. The summed E-state index contributed by atoms with van der Waals surface area (Å²) in [4.78, 5) is 0. The number of halogens is 2. The van der Waals surface area contributed by atoms with Crippen LogP contribution in [0.25, 0.3) is 0 Å². The largest absolute Gasteiger partial charge is 0.497 e. The van der Waals surface area contributed by atoms with Gasteiger partial charge in [0.15, 0.2) is 0 Å². The van der Waals surface area contributed by atoms with Crippen LogP contribution < -0.4 is 10.1 Å². The monoisotopic (exact) mass is 409 g/mol. The van der Waals surface area contributed by atoms with Crippen molar-refractivity contribution in [1.82, 2.24) is 0 Å². The second-order valence-corrected chi connectivity index (χ2v) is 6.96. The predicted molar refractivity (Wildman–Crippen MR) is 94.1 cm³/mol. The molecule has 1 N–H and O–H groups in total. The molecule has 0 bridgehead atoms. The number of methoxy groups -OCH3 is 1. The first-order valence-electron chi connectivity index (χ1n) is 7.06. The van der Waals surface area contributed by atoms with Gasteiger partial charge in [0, 0.05) is 8.95 Å². The van der Waals surface area contributed by atoms with E-state index in [-0.39, 0.29) is 0 Å². The molecule has 0 saturated carbocycles. The normalized spacial score (nSPS) is 17.2. The van der Waals surface area contributed by atoms with Crippen molar-refractivity contribution in [3.8, 4) is 5.75 Å². The van der Waals surface area contributed by atoms with Crippen molar-refractivity contribution in [1.29, 1.82) is 0 Å². The molecule has 1 aliphatic carbocycles. The van der Waals surface area contributed by atoms with Crippen LogP contribution in [0.3, 0.4) is 0 Å². The first kappa shape index (κ1) is 14.9. The molecule has 0 spiro atoms. The van der Waals surface area contributed by atoms with Gasteiger partial charge in [-0.15, -0.1) is 0 Å². The summed E-state index contributed by atoms with van der Waals surface area (Å²) < 4.78 is 7.53. The van der Waals surface area contributed by atoms with Crippen molar-refractivity contribution in [2.24, 2.45) is 0 Å². The summed E-state index contributed by atoms with van der Waals surface area (Å²) in [5.41, 5.74) is 3.88. The number of hydrogen-bond donors (Lipinski definition) is 1. The van der Waals surface area contributed by atoms with Crippen molar-refractivity contribution in [3.63, 3.8) is 0 Å². The van der Waals surface area contributed by atoms with Gasteiger partial charge in [-0.2, -0.15) is 0 Å². The Balaban J connectivity index is 1.95. The zero-order valence-electron chi connectivity index (χ0n) is 11.8. The maximum atomic E-state index is 5.38. The number of ether oxygens (including phenoxy) is 1. The van der Waals surface area contributed by atoms with Crippen molar-refractivity contribution < 1.29 is 4.74 Å². The van der Waals surface area contributed by atoms with E-state index < -0.39 is 0 Å². The van der Waals surface area contributed by atoms with Crippen LogP contribution in [0.15, 0.2) is 45.3 Å². The first-order chi connectivity index (χ1) is 10.2. The van der Waals surface area contributed by atoms with Gasteiger partial charge < -0.3 is 10.1 Å². The molecule has 1 aliphatic rings. The minimum atomic E-state index is 0.318. The van der Waals surface area contributed by atoms with Gasteiger partial charge in [0.25, 0.3) is 0 Å². The van der Waals surface area contributed by atoms with E-state index in [4.69, 9.17) is 4.74 Å². The van der Waals surface area contributed by atoms with Gasteiger partial charge in [0.2, 0.25) is 0 Å². The van der Waals surface area contributed by atoms with Crippen molar-refractivity contribution >= 4 is 37.5 Å². The lowest BCUT2D eigenvalue weighted by Gasteiger charge is -2.28. The molecule has 2 nitrogen and oxygen atoms in total. The molecule has 2 aromatic rings. The molecule has 4 heteroatoms. The number of benzene rings is 2. The number of rotatable bonds is 3. The fourth-order valence-corrected chi connectivity index (χ4v) is 4.09. The van der Waals surface area contributed by atoms with E-state index in [9.17, 15) is 0 Å². The van der Waals surface area contributed by atoms with E-state index in [2.05, 4.69) is 67.5 Å². The standard InChI is InChI=1S/C17H17Br2NO/c1-21-12-9-8-11-4-2-7-16(13(11)10-12)20-17-14(18)5-3-6-15(17)19/h3,5-6,8-10,16,20H,2,4,7H2,1H3. The molecule has 110 valence electrons. The Labute approximate surface area is 142 Å². The Morgan fingerprint density at radius 2 is 1.90 bits per heavy atom. The Kier molecular flexibility index (Phi) is 4.55. The van der Waals surface area contributed by atoms with Crippen LogP contribution in [0.1, 0.15) is 30.0 Å². The van der Waals surface area contributed by atoms with Crippen LogP contribution in [-0.2, 0) is 6.42 Å². The Morgan fingerprint density at radius 1 is 1.14 bits per heavy atom. The highest BCUT2D eigenvalue weighted by atomic mass is 79.9. The lowest BCUT2D eigenvalue weighted by molar-refractivity contribution is 0.413. The van der Waals surface area contributed by atoms with E-state index in [0.717, 1.165) is 33.2 Å². The third kappa shape index (κ3) is 3.11. The van der Waals surface area contributed by atoms with E-state index in [1.54, 1.807) is 7.11 Å². The molecule has 0 aliphatic heterocycles. The first-order valence-corrected chi connectivity index (χ1v) is 8.65. The topological polar surface area (TPSA) is 21.3 Å². The lowest BCUT2D eigenvalue weighted by atomic mass is 9.87. The molecular formula is C17H17Br2NO. The molecule has 0 radical (unpaired) electrons. The molecule has 0 saturated heterocycles. The summed E-state index contributed by atoms with van der Waals surface area (Å²) in [6.45, 7) is 0. The quantitative estimate of drug-likeness (QED) is 0.699. The molecule has 0 amide bonds. The average molecular weight is 411 g/mol. The Bertz CT molecular complexity index is 637. The van der Waals surface area contributed by atoms with Crippen LogP contribution in [0.5, 0.6) is 5.75 Å². The van der Waals surface area contributed by atoms with Crippen LogP contribution in [0.4, 0.5) is 5.69 Å². The molecule has 0 fully saturated rings. The summed E-state index contributed by atoms with van der Waals surface area (Å²) in [6.07, 6.45) is 3.49. The minimum Gasteiger partial charge on any atom is -0.497 e. The average Bonchev–Trinajstić information content (AvgIpc) is 2.50. The highest BCUT2D eigenvalue weighted by molar-refractivity contribution is 9.11. The number of para-hydroxylation sites is 1. The van der Waals surface area contributed by atoms with Gasteiger partial charge in [-0.05, 0) is 86.5 Å². The van der Waals surface area contributed by atoms with Crippen molar-refractivity contribution in [3.05, 3.63) is 56.5 Å². The zero-order chi connectivity index (χ0) is 14.8. The maximum absolute atomic E-state index is 5.38. The van der Waals surface area contributed by atoms with Gasteiger partial charge in [-0.3, -0.25) is 0 Å². The number of aryl methyl sites for hydroxylation is 1. The van der Waals surface area contributed by atoms with Gasteiger partial charge in [0.1, 0.15) is 5.75 Å². The van der Waals surface area contributed by atoms with Crippen LogP contribution >= 0.6 is 31.9 Å². The van der Waals surface area contributed by atoms with Crippen LogP contribution in [0.2, 0.25) is 0 Å². The predicted octanol–water partition coefficient (Wildman–Crippen LogP) is 5.71. The second kappa shape index (κ2) is 6.41. The third-order valence-corrected chi connectivity index (χ3v) is 5.27. The second-order valence-electron chi connectivity index (χ2n) is 5.25. The molecule has 1 unspecified atom stereocenters. The van der Waals surface area contributed by atoms with E-state index in [0.29, 0.717) is 6.04 Å². The Hall–Kier alpha value is -1.000. The minimum absolute atomic E-state index is 0.318. The third-order valence-electron chi connectivity index (χ3n) is 3.95. The Morgan fingerprint density at radius 3 is 2.62 bits per heavy atom. The van der Waals surface area contributed by atoms with Crippen LogP contribution in [0, 0.1) is 0 Å². The zero-order valence-corrected chi connectivity index (χ0v) is 15.0. The summed E-state index contributed by atoms with van der Waals surface area (Å²) in [5, 5.41) is 3.68. The fourth-order valence-electron chi connectivity index (χ4n) is 2.86. The van der Waals surface area contributed by atoms with Gasteiger partial charge in [-0.25, -0.2) is 0 Å². The molecule has 21 heavy (non-hydrogen) atoms. The molecule has 0 aromatic heterocycles. The fraction of sp³-hybridized carbons (Fsp3) is 0.294. The van der Waals surface area contributed by atoms with Gasteiger partial charge in [-0.1, -0.05) is 12.1 Å². The van der Waals surface area contributed by atoms with E-state index >= 15 is 0 Å². The summed E-state index contributed by atoms with van der Waals surface area (Å²) >= 11 is 7.25. The van der Waals surface area contributed by atoms with E-state index in [1.807, 2.05) is 6.07 Å². The van der Waals surface area contributed by atoms with Crippen LogP contribution in [-0.4, -0.2) is 7.11 Å². The molecule has 1 atom stereocenters. The summed E-state index contributed by atoms with van der Waals surface area (Å²) in [5.74, 6) is 0.925. The van der Waals surface area contributed by atoms with Gasteiger partial charge >= 0.3 is 0 Å². The molecule has 3 rings (SSSR count). The van der Waals surface area contributed by atoms with E-state index in [1.165, 1.54) is 17.5 Å². The number of fused-ring (bicyclic) bond motifs is 1. The number of nitrogens with one attached hydrogen (secondary N) is 1. The summed E-state index contributed by atoms with van der Waals surface area (Å²) in [7, 11) is 1.72. The molecule has 2 aromatic carbocycles. The van der Waals surface area contributed by atoms with Crippen molar-refractivity contribution in [2.75, 3.05) is 12.4 Å². The number of anilines is 1. The highest BCUT2D eigenvalue weighted by Crippen LogP contribution is 2.38.